The fourth-order valence-electron chi connectivity index (χ4n) is 3.69. The summed E-state index contributed by atoms with van der Waals surface area (Å²) in [6, 6.07) is 13.8. The lowest BCUT2D eigenvalue weighted by atomic mass is 9.96. The molecule has 0 aromatic heterocycles. The molecule has 0 bridgehead atoms. The van der Waals surface area contributed by atoms with Crippen molar-refractivity contribution >= 4 is 35.7 Å². The van der Waals surface area contributed by atoms with Gasteiger partial charge in [0, 0.05) is 6.42 Å². The summed E-state index contributed by atoms with van der Waals surface area (Å²) in [5.74, 6) is -7.67. The number of hydrogen-bond acceptors (Lipinski definition) is 10. The summed E-state index contributed by atoms with van der Waals surface area (Å²) in [4.78, 5) is 74.6. The molecule has 12 nitrogen and oxygen atoms in total. The van der Waals surface area contributed by atoms with Crippen LogP contribution in [0.2, 0.25) is 0 Å². The molecule has 1 saturated heterocycles. The Balaban J connectivity index is 1.60. The SMILES string of the molecule is NC(C(=O)O)C(C(=O)COC(=O)C1CCC(=O)N1C(=O)OCc1ccccc1)C(=O)OCc1ccccc1. The van der Waals surface area contributed by atoms with E-state index in [0.29, 0.717) is 16.0 Å². The number of nitrogens with zero attached hydrogens (tertiary/aromatic N) is 1. The van der Waals surface area contributed by atoms with Crippen LogP contribution in [0.5, 0.6) is 0 Å². The minimum atomic E-state index is -1.96. The third-order valence-electron chi connectivity index (χ3n) is 5.71. The van der Waals surface area contributed by atoms with Crippen molar-refractivity contribution in [1.82, 2.24) is 4.90 Å². The Morgan fingerprint density at radius 2 is 1.45 bits per heavy atom. The molecule has 1 aliphatic rings. The second-order valence-corrected chi connectivity index (χ2v) is 8.37. The number of carboxylic acids is 1. The average Bonchev–Trinajstić information content (AvgIpc) is 3.31. The van der Waals surface area contributed by atoms with Crippen molar-refractivity contribution in [2.75, 3.05) is 6.61 Å². The molecule has 12 heteroatoms. The number of carboxylic acid groups (broad SMARTS) is 1. The number of rotatable bonds is 11. The van der Waals surface area contributed by atoms with Crippen LogP contribution in [0.1, 0.15) is 24.0 Å². The molecular weight excluding hydrogens is 500 g/mol. The number of aliphatic carboxylic acids is 1. The molecule has 1 heterocycles. The van der Waals surface area contributed by atoms with Crippen LogP contribution >= 0.6 is 0 Å². The van der Waals surface area contributed by atoms with Crippen LogP contribution in [-0.4, -0.2) is 64.4 Å². The first-order valence-corrected chi connectivity index (χ1v) is 11.6. The smallest absolute Gasteiger partial charge is 0.417 e. The summed E-state index contributed by atoms with van der Waals surface area (Å²) in [5.41, 5.74) is 6.80. The van der Waals surface area contributed by atoms with Gasteiger partial charge in [-0.25, -0.2) is 14.5 Å². The molecule has 2 aromatic carbocycles. The van der Waals surface area contributed by atoms with Crippen LogP contribution < -0.4 is 5.73 Å². The highest BCUT2D eigenvalue weighted by atomic mass is 16.6. The molecule has 38 heavy (non-hydrogen) atoms. The van der Waals surface area contributed by atoms with Crippen LogP contribution in [0, 0.1) is 5.92 Å². The Bertz CT molecular complexity index is 1190. The first-order chi connectivity index (χ1) is 18.2. The Hall–Kier alpha value is -4.58. The molecule has 3 N–H and O–H groups in total. The molecule has 0 saturated carbocycles. The van der Waals surface area contributed by atoms with Gasteiger partial charge >= 0.3 is 24.0 Å². The monoisotopic (exact) mass is 526 g/mol. The van der Waals surface area contributed by atoms with Gasteiger partial charge in [0.2, 0.25) is 5.91 Å². The maximum atomic E-state index is 12.7. The van der Waals surface area contributed by atoms with Crippen LogP contribution in [0.15, 0.2) is 60.7 Å². The molecule has 3 atom stereocenters. The quantitative estimate of drug-likeness (QED) is 0.244. The zero-order valence-electron chi connectivity index (χ0n) is 20.2. The number of likely N-dealkylation sites (tertiary alicyclic amines) is 1. The summed E-state index contributed by atoms with van der Waals surface area (Å²) in [7, 11) is 0. The topological polar surface area (TPSA) is 180 Å². The number of esters is 2. The molecule has 2 aromatic rings. The molecule has 0 aliphatic carbocycles. The van der Waals surface area contributed by atoms with Crippen molar-refractivity contribution in [3.8, 4) is 0 Å². The summed E-state index contributed by atoms with van der Waals surface area (Å²) < 4.78 is 15.1. The molecule has 200 valence electrons. The Labute approximate surface area is 217 Å². The number of Topliss-reactive ketones (excluding diaryl/α,β-unsaturated/α-hetero) is 1. The molecule has 2 amide bonds. The van der Waals surface area contributed by atoms with E-state index in [4.69, 9.17) is 19.9 Å². The second kappa shape index (κ2) is 13.1. The van der Waals surface area contributed by atoms with Crippen molar-refractivity contribution in [1.29, 1.82) is 0 Å². The van der Waals surface area contributed by atoms with Crippen LogP contribution in [0.3, 0.4) is 0 Å². The summed E-state index contributed by atoms with van der Waals surface area (Å²) in [5, 5.41) is 9.25. The number of carbonyl (C=O) groups excluding carboxylic acids is 5. The van der Waals surface area contributed by atoms with Gasteiger partial charge in [-0.15, -0.1) is 0 Å². The first kappa shape index (κ1) is 28.0. The van der Waals surface area contributed by atoms with Crippen LogP contribution in [0.25, 0.3) is 0 Å². The number of carbonyl (C=O) groups is 6. The zero-order valence-corrected chi connectivity index (χ0v) is 20.2. The number of nitrogens with two attached hydrogens (primary N) is 1. The van der Waals surface area contributed by atoms with Crippen molar-refractivity contribution in [2.45, 2.75) is 38.1 Å². The molecule has 0 spiro atoms. The van der Waals surface area contributed by atoms with E-state index in [1.165, 1.54) is 0 Å². The standard InChI is InChI=1S/C26H26N2O10/c27-22(23(31)32)21(25(34)36-13-16-7-3-1-4-8-16)19(29)15-37-24(33)18-11-12-20(30)28(18)26(35)38-14-17-9-5-2-6-10-17/h1-10,18,21-22H,11-15,27H2,(H,31,32). The molecule has 0 radical (unpaired) electrons. The Kier molecular flexibility index (Phi) is 9.66. The van der Waals surface area contributed by atoms with Gasteiger partial charge in [-0.05, 0) is 17.5 Å². The average molecular weight is 526 g/mol. The fourth-order valence-corrected chi connectivity index (χ4v) is 3.69. The van der Waals surface area contributed by atoms with Gasteiger partial charge in [0.1, 0.15) is 31.2 Å². The van der Waals surface area contributed by atoms with Gasteiger partial charge in [0.15, 0.2) is 12.4 Å². The molecule has 1 aliphatic heterocycles. The molecule has 3 rings (SSSR count). The molecular formula is C26H26N2O10. The van der Waals surface area contributed by atoms with Crippen LogP contribution in [0.4, 0.5) is 4.79 Å². The lowest BCUT2D eigenvalue weighted by Crippen LogP contribution is -2.49. The van der Waals surface area contributed by atoms with Crippen molar-refractivity contribution in [3.63, 3.8) is 0 Å². The first-order valence-electron chi connectivity index (χ1n) is 11.6. The maximum Gasteiger partial charge on any atom is 0.417 e. The normalized spacial score (nSPS) is 16.3. The number of ether oxygens (including phenoxy) is 3. The number of ketones is 1. The van der Waals surface area contributed by atoms with E-state index in [2.05, 4.69) is 0 Å². The largest absolute Gasteiger partial charge is 0.480 e. The summed E-state index contributed by atoms with van der Waals surface area (Å²) >= 11 is 0. The second-order valence-electron chi connectivity index (χ2n) is 8.37. The predicted molar refractivity (Wildman–Crippen MR) is 128 cm³/mol. The maximum absolute atomic E-state index is 12.7. The minimum Gasteiger partial charge on any atom is -0.480 e. The number of imide groups is 1. The van der Waals surface area contributed by atoms with Crippen molar-refractivity contribution in [3.05, 3.63) is 71.8 Å². The van der Waals surface area contributed by atoms with Gasteiger partial charge in [-0.3, -0.25) is 19.2 Å². The minimum absolute atomic E-state index is 0.0660. The van der Waals surface area contributed by atoms with E-state index in [1.807, 2.05) is 0 Å². The van der Waals surface area contributed by atoms with Gasteiger partial charge in [0.25, 0.3) is 0 Å². The van der Waals surface area contributed by atoms with Gasteiger partial charge in [-0.1, -0.05) is 60.7 Å². The van der Waals surface area contributed by atoms with E-state index < -0.39 is 60.3 Å². The van der Waals surface area contributed by atoms with Gasteiger partial charge in [0.05, 0.1) is 0 Å². The zero-order chi connectivity index (χ0) is 27.7. The van der Waals surface area contributed by atoms with E-state index in [9.17, 15) is 33.9 Å². The van der Waals surface area contributed by atoms with Gasteiger partial charge in [-0.2, -0.15) is 0 Å². The highest BCUT2D eigenvalue weighted by Crippen LogP contribution is 2.22. The third-order valence-corrected chi connectivity index (χ3v) is 5.71. The highest BCUT2D eigenvalue weighted by molar-refractivity contribution is 6.05. The Morgan fingerprint density at radius 3 is 2.00 bits per heavy atom. The third kappa shape index (κ3) is 7.23. The van der Waals surface area contributed by atoms with Crippen molar-refractivity contribution in [2.24, 2.45) is 11.7 Å². The summed E-state index contributed by atoms with van der Waals surface area (Å²) in [6.45, 7) is -1.40. The lowest BCUT2D eigenvalue weighted by Gasteiger charge is -2.22. The van der Waals surface area contributed by atoms with E-state index in [-0.39, 0.29) is 26.1 Å². The predicted octanol–water partition coefficient (Wildman–Crippen LogP) is 1.20. The van der Waals surface area contributed by atoms with E-state index in [1.54, 1.807) is 60.7 Å². The molecule has 3 unspecified atom stereocenters. The summed E-state index contributed by atoms with van der Waals surface area (Å²) in [6.07, 6.45) is -1.25. The van der Waals surface area contributed by atoms with Gasteiger partial charge < -0.3 is 25.1 Å². The molecule has 1 fully saturated rings. The van der Waals surface area contributed by atoms with Crippen molar-refractivity contribution < 1.29 is 48.1 Å². The van der Waals surface area contributed by atoms with Crippen LogP contribution in [-0.2, 0) is 51.4 Å². The highest BCUT2D eigenvalue weighted by Gasteiger charge is 2.43. The van der Waals surface area contributed by atoms with E-state index in [0.717, 1.165) is 0 Å². The number of amides is 2. The van der Waals surface area contributed by atoms with E-state index >= 15 is 0 Å². The number of benzene rings is 2. The lowest BCUT2D eigenvalue weighted by molar-refractivity contribution is -0.163. The number of hydrogen-bond donors (Lipinski definition) is 2. The fraction of sp³-hybridized carbons (Fsp3) is 0.308. The Morgan fingerprint density at radius 1 is 0.895 bits per heavy atom.